The minimum atomic E-state index is -2.78. The van der Waals surface area contributed by atoms with E-state index in [-0.39, 0.29) is 11.5 Å². The summed E-state index contributed by atoms with van der Waals surface area (Å²) in [7, 11) is 1.60. The van der Waals surface area contributed by atoms with Crippen LogP contribution in [0.4, 0.5) is 20.5 Å². The van der Waals surface area contributed by atoms with Crippen molar-refractivity contribution in [1.29, 1.82) is 0 Å². The smallest absolute Gasteiger partial charge is 0.297 e. The number of alkyl halides is 2. The van der Waals surface area contributed by atoms with Gasteiger partial charge in [-0.1, -0.05) is 0 Å². The highest BCUT2D eigenvalue weighted by molar-refractivity contribution is 5.84. The van der Waals surface area contributed by atoms with Crippen molar-refractivity contribution >= 4 is 22.9 Å². The van der Waals surface area contributed by atoms with E-state index >= 15 is 0 Å². The molecule has 0 saturated heterocycles. The van der Waals surface area contributed by atoms with Crippen LogP contribution in [0, 0.1) is 0 Å². The van der Waals surface area contributed by atoms with Gasteiger partial charge in [0.1, 0.15) is 12.1 Å². The molecule has 0 spiro atoms. The second kappa shape index (κ2) is 5.62. The molecule has 24 heavy (non-hydrogen) atoms. The van der Waals surface area contributed by atoms with Crippen molar-refractivity contribution in [1.82, 2.24) is 29.5 Å². The van der Waals surface area contributed by atoms with Gasteiger partial charge in [-0.2, -0.15) is 4.98 Å². The lowest BCUT2D eigenvalue weighted by Crippen LogP contribution is -2.08. The van der Waals surface area contributed by atoms with Gasteiger partial charge in [0.25, 0.3) is 6.43 Å². The van der Waals surface area contributed by atoms with E-state index < -0.39 is 12.2 Å². The molecule has 8 nitrogen and oxygen atoms in total. The molecule has 3 aromatic heterocycles. The van der Waals surface area contributed by atoms with Gasteiger partial charge >= 0.3 is 0 Å². The zero-order chi connectivity index (χ0) is 16.7. The number of hydrogen-bond donors (Lipinski definition) is 2. The summed E-state index contributed by atoms with van der Waals surface area (Å²) in [6, 6.07) is 2.08. The molecule has 10 heteroatoms. The number of fused-ring (bicyclic) bond motifs is 1. The predicted octanol–water partition coefficient (Wildman–Crippen LogP) is 2.16. The van der Waals surface area contributed by atoms with Crippen molar-refractivity contribution in [2.75, 3.05) is 17.7 Å². The van der Waals surface area contributed by atoms with Gasteiger partial charge < -0.3 is 10.6 Å². The Morgan fingerprint density at radius 1 is 1.21 bits per heavy atom. The van der Waals surface area contributed by atoms with E-state index in [1.165, 1.54) is 6.33 Å². The molecule has 2 N–H and O–H groups in total. The van der Waals surface area contributed by atoms with Crippen LogP contribution in [0.3, 0.4) is 0 Å². The van der Waals surface area contributed by atoms with E-state index in [2.05, 4.69) is 35.6 Å². The minimum Gasteiger partial charge on any atom is -0.371 e. The first-order valence-electron chi connectivity index (χ1n) is 7.46. The van der Waals surface area contributed by atoms with E-state index in [1.54, 1.807) is 23.9 Å². The number of imidazole rings is 1. The summed E-state index contributed by atoms with van der Waals surface area (Å²) in [5.41, 5.74) is 0.665. The van der Waals surface area contributed by atoms with Crippen LogP contribution in [0.15, 0.2) is 18.6 Å². The zero-order valence-electron chi connectivity index (χ0n) is 12.7. The molecule has 1 saturated carbocycles. The number of anilines is 2. The Morgan fingerprint density at radius 3 is 2.75 bits per heavy atom. The van der Waals surface area contributed by atoms with Gasteiger partial charge in [-0.3, -0.25) is 4.57 Å². The Hall–Kier alpha value is -2.91. The molecule has 3 aromatic rings. The minimum absolute atomic E-state index is 0.249. The summed E-state index contributed by atoms with van der Waals surface area (Å²) in [4.78, 5) is 20.5. The van der Waals surface area contributed by atoms with Crippen LogP contribution in [0.25, 0.3) is 17.0 Å². The fraction of sp³-hybridized carbons (Fsp3) is 0.357. The van der Waals surface area contributed by atoms with Crippen LogP contribution >= 0.6 is 0 Å². The third-order valence-electron chi connectivity index (χ3n) is 3.64. The quantitative estimate of drug-likeness (QED) is 0.739. The number of aromatic nitrogens is 6. The van der Waals surface area contributed by atoms with Gasteiger partial charge in [0, 0.05) is 19.3 Å². The van der Waals surface area contributed by atoms with E-state index in [0.29, 0.717) is 23.3 Å². The summed E-state index contributed by atoms with van der Waals surface area (Å²) in [5, 5.41) is 5.97. The first-order valence-corrected chi connectivity index (χ1v) is 7.46. The van der Waals surface area contributed by atoms with Crippen LogP contribution < -0.4 is 10.6 Å². The molecule has 0 aliphatic heterocycles. The molecule has 0 bridgehead atoms. The van der Waals surface area contributed by atoms with Crippen molar-refractivity contribution in [3.8, 4) is 5.82 Å². The number of halogens is 2. The molecular formula is C14H14F2N8. The van der Waals surface area contributed by atoms with Gasteiger partial charge in [0.15, 0.2) is 22.8 Å². The maximum Gasteiger partial charge on any atom is 0.297 e. The molecular weight excluding hydrogens is 318 g/mol. The average Bonchev–Trinajstić information content (AvgIpc) is 3.29. The lowest BCUT2D eigenvalue weighted by Gasteiger charge is -2.08. The van der Waals surface area contributed by atoms with E-state index in [4.69, 9.17) is 0 Å². The number of rotatable bonds is 5. The van der Waals surface area contributed by atoms with Gasteiger partial charge in [-0.25, -0.2) is 28.7 Å². The van der Waals surface area contributed by atoms with Crippen LogP contribution in [-0.2, 0) is 0 Å². The van der Waals surface area contributed by atoms with Crippen LogP contribution in [-0.4, -0.2) is 42.6 Å². The van der Waals surface area contributed by atoms with Crippen molar-refractivity contribution in [2.24, 2.45) is 0 Å². The monoisotopic (exact) mass is 332 g/mol. The highest BCUT2D eigenvalue weighted by atomic mass is 19.3. The maximum atomic E-state index is 13.0. The van der Waals surface area contributed by atoms with Crippen molar-refractivity contribution in [3.63, 3.8) is 0 Å². The number of nitrogens with zero attached hydrogens (tertiary/aromatic N) is 6. The molecule has 0 radical (unpaired) electrons. The Bertz CT molecular complexity index is 890. The predicted molar refractivity (Wildman–Crippen MR) is 83.4 cm³/mol. The second-order valence-corrected chi connectivity index (χ2v) is 5.42. The maximum absolute atomic E-state index is 13.0. The van der Waals surface area contributed by atoms with E-state index in [1.807, 2.05) is 0 Å². The Morgan fingerprint density at radius 2 is 2.04 bits per heavy atom. The van der Waals surface area contributed by atoms with Gasteiger partial charge in [0.2, 0.25) is 5.95 Å². The normalized spacial score (nSPS) is 14.3. The average molecular weight is 332 g/mol. The highest BCUT2D eigenvalue weighted by Gasteiger charge is 2.22. The van der Waals surface area contributed by atoms with Crippen LogP contribution in [0.1, 0.15) is 25.1 Å². The number of hydrogen-bond acceptors (Lipinski definition) is 7. The van der Waals surface area contributed by atoms with Crippen molar-refractivity contribution in [2.45, 2.75) is 25.3 Å². The molecule has 0 atom stereocenters. The first-order chi connectivity index (χ1) is 11.7. The summed E-state index contributed by atoms with van der Waals surface area (Å²) >= 11 is 0. The summed E-state index contributed by atoms with van der Waals surface area (Å²) in [5.74, 6) is 0.684. The Kier molecular flexibility index (Phi) is 3.44. The molecule has 0 aromatic carbocycles. The van der Waals surface area contributed by atoms with E-state index in [0.717, 1.165) is 12.8 Å². The summed E-state index contributed by atoms with van der Waals surface area (Å²) in [6.07, 6.45) is 2.50. The summed E-state index contributed by atoms with van der Waals surface area (Å²) < 4.78 is 27.6. The Labute approximate surface area is 135 Å². The zero-order valence-corrected chi connectivity index (χ0v) is 12.7. The van der Waals surface area contributed by atoms with E-state index in [9.17, 15) is 8.78 Å². The summed E-state index contributed by atoms with van der Waals surface area (Å²) in [6.45, 7) is 0. The van der Waals surface area contributed by atoms with Gasteiger partial charge in [-0.05, 0) is 18.9 Å². The third-order valence-corrected chi connectivity index (χ3v) is 3.64. The molecule has 1 aliphatic rings. The molecule has 124 valence electrons. The topological polar surface area (TPSA) is 93.4 Å². The fourth-order valence-corrected chi connectivity index (χ4v) is 2.32. The molecule has 0 unspecified atom stereocenters. The third kappa shape index (κ3) is 2.59. The first kappa shape index (κ1) is 14.7. The second-order valence-electron chi connectivity index (χ2n) is 5.42. The highest BCUT2D eigenvalue weighted by Crippen LogP contribution is 2.26. The van der Waals surface area contributed by atoms with Crippen LogP contribution in [0.2, 0.25) is 0 Å². The molecule has 1 fully saturated rings. The van der Waals surface area contributed by atoms with Crippen LogP contribution in [0.5, 0.6) is 0 Å². The van der Waals surface area contributed by atoms with Crippen molar-refractivity contribution in [3.05, 3.63) is 24.4 Å². The molecule has 4 rings (SSSR count). The molecule has 3 heterocycles. The SMILES string of the molecule is CNc1nc(C(F)F)nc2c1ncn2-c1ccnc(NC2CC2)n1. The molecule has 1 aliphatic carbocycles. The fourth-order valence-electron chi connectivity index (χ4n) is 2.32. The Balaban J connectivity index is 1.82. The standard InChI is InChI=1S/C14H14F2N8/c1-17-11-9-13(23-12(22-11)10(15)16)24(6-19-9)8-4-5-18-14(21-8)20-7-2-3-7/h4-7,10H,2-3H2,1H3,(H,17,22,23)(H,18,20,21). The lowest BCUT2D eigenvalue weighted by molar-refractivity contribution is 0.141. The lowest BCUT2D eigenvalue weighted by atomic mass is 10.4. The van der Waals surface area contributed by atoms with Crippen molar-refractivity contribution < 1.29 is 8.78 Å². The largest absolute Gasteiger partial charge is 0.371 e. The van der Waals surface area contributed by atoms with Gasteiger partial charge in [0.05, 0.1) is 0 Å². The molecule has 0 amide bonds. The number of nitrogens with one attached hydrogen (secondary N) is 2. The van der Waals surface area contributed by atoms with Gasteiger partial charge in [-0.15, -0.1) is 0 Å².